The van der Waals surface area contributed by atoms with E-state index in [0.717, 1.165) is 12.8 Å². The minimum atomic E-state index is 1.05. The second-order valence-electron chi connectivity index (χ2n) is 2.41. The molecule has 0 rings (SSSR count). The summed E-state index contributed by atoms with van der Waals surface area (Å²) in [5.41, 5.74) is 1.24. The fourth-order valence-electron chi connectivity index (χ4n) is 0.725. The Labute approximate surface area is 69.6 Å². The molecule has 0 heterocycles. The number of rotatable bonds is 5. The standard InChI is InChI=1S/C11H16/c1-4-6-7-8-10-11(3)9-5-2/h4-5,8-10H,1-2,6-7H2,3H3. The zero-order chi connectivity index (χ0) is 8.53. The first-order chi connectivity index (χ1) is 5.31. The highest BCUT2D eigenvalue weighted by molar-refractivity contribution is 5.20. The molecule has 0 aromatic heterocycles. The van der Waals surface area contributed by atoms with E-state index in [-0.39, 0.29) is 0 Å². The number of hydrogen-bond donors (Lipinski definition) is 0. The molecule has 0 heteroatoms. The largest absolute Gasteiger partial charge is 0.103 e. The van der Waals surface area contributed by atoms with Crippen molar-refractivity contribution in [2.24, 2.45) is 0 Å². The molecule has 0 aromatic rings. The minimum absolute atomic E-state index is 1.05. The second-order valence-corrected chi connectivity index (χ2v) is 2.41. The van der Waals surface area contributed by atoms with Crippen molar-refractivity contribution in [2.45, 2.75) is 19.8 Å². The summed E-state index contributed by atoms with van der Waals surface area (Å²) in [6, 6.07) is 0. The lowest BCUT2D eigenvalue weighted by Crippen LogP contribution is -1.67. The van der Waals surface area contributed by atoms with Crippen LogP contribution in [0.1, 0.15) is 19.8 Å². The van der Waals surface area contributed by atoms with Crippen LogP contribution in [0.3, 0.4) is 0 Å². The highest BCUT2D eigenvalue weighted by Crippen LogP contribution is 1.98. The summed E-state index contributed by atoms with van der Waals surface area (Å²) >= 11 is 0. The normalized spacial score (nSPS) is 11.9. The maximum Gasteiger partial charge on any atom is -0.0313 e. The minimum Gasteiger partial charge on any atom is -0.103 e. The number of hydrogen-bond acceptors (Lipinski definition) is 0. The van der Waals surface area contributed by atoms with Crippen molar-refractivity contribution in [3.05, 3.63) is 49.1 Å². The molecule has 0 aliphatic carbocycles. The van der Waals surface area contributed by atoms with Gasteiger partial charge in [-0.25, -0.2) is 0 Å². The van der Waals surface area contributed by atoms with Gasteiger partial charge in [-0.2, -0.15) is 0 Å². The van der Waals surface area contributed by atoms with Gasteiger partial charge < -0.3 is 0 Å². The molecule has 0 aromatic carbocycles. The Morgan fingerprint density at radius 3 is 2.55 bits per heavy atom. The van der Waals surface area contributed by atoms with Gasteiger partial charge in [0, 0.05) is 0 Å². The van der Waals surface area contributed by atoms with Crippen molar-refractivity contribution in [3.8, 4) is 0 Å². The Bertz CT molecular complexity index is 170. The third-order valence-electron chi connectivity index (χ3n) is 1.30. The van der Waals surface area contributed by atoms with Crippen LogP contribution in [-0.4, -0.2) is 0 Å². The van der Waals surface area contributed by atoms with Gasteiger partial charge in [0.25, 0.3) is 0 Å². The topological polar surface area (TPSA) is 0 Å². The molecule has 0 fully saturated rings. The number of unbranched alkanes of at least 4 members (excludes halogenated alkanes) is 1. The molecule has 0 saturated carbocycles. The third kappa shape index (κ3) is 6.85. The van der Waals surface area contributed by atoms with Crippen LogP contribution < -0.4 is 0 Å². The van der Waals surface area contributed by atoms with E-state index >= 15 is 0 Å². The molecule has 0 aliphatic rings. The summed E-state index contributed by atoms with van der Waals surface area (Å²) in [5.74, 6) is 0. The first-order valence-corrected chi connectivity index (χ1v) is 3.88. The van der Waals surface area contributed by atoms with Crippen LogP contribution >= 0.6 is 0 Å². The van der Waals surface area contributed by atoms with Crippen molar-refractivity contribution in [1.29, 1.82) is 0 Å². The number of allylic oxidation sites excluding steroid dienone is 6. The van der Waals surface area contributed by atoms with Crippen molar-refractivity contribution in [1.82, 2.24) is 0 Å². The van der Waals surface area contributed by atoms with Gasteiger partial charge in [-0.05, 0) is 19.8 Å². The van der Waals surface area contributed by atoms with Crippen molar-refractivity contribution >= 4 is 0 Å². The lowest BCUT2D eigenvalue weighted by Gasteiger charge is -1.87. The van der Waals surface area contributed by atoms with Gasteiger partial charge in [0.1, 0.15) is 0 Å². The summed E-state index contributed by atoms with van der Waals surface area (Å²) in [5, 5.41) is 0. The quantitative estimate of drug-likeness (QED) is 0.317. The molecule has 0 spiro atoms. The molecule has 0 unspecified atom stereocenters. The molecule has 0 atom stereocenters. The Morgan fingerprint density at radius 2 is 2.00 bits per heavy atom. The van der Waals surface area contributed by atoms with Crippen LogP contribution in [-0.2, 0) is 0 Å². The van der Waals surface area contributed by atoms with Gasteiger partial charge in [-0.1, -0.05) is 42.5 Å². The van der Waals surface area contributed by atoms with Crippen molar-refractivity contribution in [2.75, 3.05) is 0 Å². The summed E-state index contributed by atoms with van der Waals surface area (Å²) in [4.78, 5) is 0. The Kier molecular flexibility index (Phi) is 6.40. The zero-order valence-corrected chi connectivity index (χ0v) is 7.22. The molecule has 0 amide bonds. The average molecular weight is 148 g/mol. The van der Waals surface area contributed by atoms with Crippen LogP contribution in [0.2, 0.25) is 0 Å². The Balaban J connectivity index is 3.64. The molecule has 0 aliphatic heterocycles. The van der Waals surface area contributed by atoms with Gasteiger partial charge >= 0.3 is 0 Å². The molecular formula is C11H16. The van der Waals surface area contributed by atoms with Crippen LogP contribution in [0, 0.1) is 0 Å². The van der Waals surface area contributed by atoms with E-state index in [1.54, 1.807) is 6.08 Å². The summed E-state index contributed by atoms with van der Waals surface area (Å²) in [6.07, 6.45) is 12.1. The summed E-state index contributed by atoms with van der Waals surface area (Å²) < 4.78 is 0. The summed E-state index contributed by atoms with van der Waals surface area (Å²) in [7, 11) is 0. The van der Waals surface area contributed by atoms with Crippen LogP contribution in [0.25, 0.3) is 0 Å². The van der Waals surface area contributed by atoms with Crippen molar-refractivity contribution in [3.63, 3.8) is 0 Å². The molecule has 60 valence electrons. The highest BCUT2D eigenvalue weighted by atomic mass is 13.8. The Morgan fingerprint density at radius 1 is 1.27 bits per heavy atom. The molecule has 0 bridgehead atoms. The van der Waals surface area contributed by atoms with Crippen LogP contribution in [0.5, 0.6) is 0 Å². The maximum atomic E-state index is 3.65. The van der Waals surface area contributed by atoms with Gasteiger partial charge in [0.05, 0.1) is 0 Å². The van der Waals surface area contributed by atoms with Crippen LogP contribution in [0.15, 0.2) is 49.1 Å². The van der Waals surface area contributed by atoms with Gasteiger partial charge in [-0.3, -0.25) is 0 Å². The monoisotopic (exact) mass is 148 g/mol. The molecular weight excluding hydrogens is 132 g/mol. The van der Waals surface area contributed by atoms with Crippen LogP contribution in [0.4, 0.5) is 0 Å². The van der Waals surface area contributed by atoms with Gasteiger partial charge in [-0.15, -0.1) is 6.58 Å². The van der Waals surface area contributed by atoms with E-state index in [4.69, 9.17) is 0 Å². The van der Waals surface area contributed by atoms with E-state index in [2.05, 4.69) is 32.2 Å². The van der Waals surface area contributed by atoms with E-state index in [1.807, 2.05) is 12.2 Å². The van der Waals surface area contributed by atoms with E-state index < -0.39 is 0 Å². The highest BCUT2D eigenvalue weighted by Gasteiger charge is 1.77. The van der Waals surface area contributed by atoms with E-state index in [1.165, 1.54) is 5.57 Å². The predicted octanol–water partition coefficient (Wildman–Crippen LogP) is 3.64. The maximum absolute atomic E-state index is 3.65. The van der Waals surface area contributed by atoms with Crippen molar-refractivity contribution < 1.29 is 0 Å². The van der Waals surface area contributed by atoms with E-state index in [0.29, 0.717) is 0 Å². The molecule has 0 saturated heterocycles. The molecule has 0 radical (unpaired) electrons. The lowest BCUT2D eigenvalue weighted by atomic mass is 10.2. The Hall–Kier alpha value is -1.04. The first kappa shape index (κ1) is 9.96. The average Bonchev–Trinajstić information content (AvgIpc) is 1.99. The van der Waals surface area contributed by atoms with E-state index in [9.17, 15) is 0 Å². The molecule has 0 N–H and O–H groups in total. The third-order valence-corrected chi connectivity index (χ3v) is 1.30. The molecule has 0 nitrogen and oxygen atoms in total. The smallest absolute Gasteiger partial charge is 0.0313 e. The predicted molar refractivity (Wildman–Crippen MR) is 52.5 cm³/mol. The lowest BCUT2D eigenvalue weighted by molar-refractivity contribution is 1.05. The van der Waals surface area contributed by atoms with Gasteiger partial charge in [0.15, 0.2) is 0 Å². The fraction of sp³-hybridized carbons (Fsp3) is 0.273. The fourth-order valence-corrected chi connectivity index (χ4v) is 0.725. The SMILES string of the molecule is C=CC=C(C)C=CCCC=C. The zero-order valence-electron chi connectivity index (χ0n) is 7.22. The second kappa shape index (κ2) is 7.07. The first-order valence-electron chi connectivity index (χ1n) is 3.88. The molecule has 11 heavy (non-hydrogen) atoms. The summed E-state index contributed by atoms with van der Waals surface area (Å²) in [6.45, 7) is 9.33. The van der Waals surface area contributed by atoms with Gasteiger partial charge in [0.2, 0.25) is 0 Å².